The molecule has 2 saturated heterocycles. The lowest BCUT2D eigenvalue weighted by molar-refractivity contribution is -0.164. The van der Waals surface area contributed by atoms with Crippen LogP contribution in [0.2, 0.25) is 0 Å². The molecule has 1 aliphatic carbocycles. The minimum absolute atomic E-state index is 0.246. The monoisotopic (exact) mass is 509 g/mol. The molecule has 0 radical (unpaired) electrons. The summed E-state index contributed by atoms with van der Waals surface area (Å²) in [5.74, 6) is -0.637. The molecule has 2 N–H and O–H groups in total. The largest absolute Gasteiger partial charge is 0.444 e. The van der Waals surface area contributed by atoms with Crippen LogP contribution in [0.4, 0.5) is 10.6 Å². The molecule has 3 aromatic rings. The van der Waals surface area contributed by atoms with Gasteiger partial charge in [-0.05, 0) is 52.3 Å². The van der Waals surface area contributed by atoms with Crippen molar-refractivity contribution in [1.82, 2.24) is 19.5 Å². The second kappa shape index (κ2) is 8.12. The number of carbonyl (C=O) groups excluding carboxylic acids is 1. The number of hydrogen-bond acceptors (Lipinski definition) is 9. The van der Waals surface area contributed by atoms with Gasteiger partial charge >= 0.3 is 6.09 Å². The fourth-order valence-corrected chi connectivity index (χ4v) is 5.77. The van der Waals surface area contributed by atoms with E-state index in [-0.39, 0.29) is 5.82 Å². The van der Waals surface area contributed by atoms with Crippen LogP contribution in [0.25, 0.3) is 5.52 Å². The summed E-state index contributed by atoms with van der Waals surface area (Å²) in [4.78, 5) is 19.5. The number of aromatic nitrogens is 3. The third-order valence-corrected chi connectivity index (χ3v) is 7.02. The van der Waals surface area contributed by atoms with E-state index in [1.807, 2.05) is 71.0 Å². The Bertz CT molecular complexity index is 1340. The number of rotatable bonds is 5. The minimum atomic E-state index is -0.883. The zero-order chi connectivity index (χ0) is 26.2. The quantitative estimate of drug-likeness (QED) is 0.496. The molecule has 2 aromatic heterocycles. The standard InChI is InChI=1S/C26H31N5O6/c1-24(2,3)36-23(32)30-18(16-11-12-17-22(29-33)27-14-28-31(16)17)20-26(37-25(4,5)35-20)19(30)21(26)34-13-15-9-7-6-8-10-15/h6-12,14,18-21,33H,13H2,1-5H3,(H,27,28,29)/t18-,19+,20-,21?,26+/m0/s1. The minimum Gasteiger partial charge on any atom is -0.444 e. The molecule has 6 rings (SSSR count). The van der Waals surface area contributed by atoms with E-state index in [9.17, 15) is 10.0 Å². The molecule has 3 fully saturated rings. The topological polar surface area (TPSA) is 120 Å². The van der Waals surface area contributed by atoms with Crippen molar-refractivity contribution in [3.8, 4) is 0 Å². The van der Waals surface area contributed by atoms with Gasteiger partial charge in [0.05, 0.1) is 18.3 Å². The Morgan fingerprint density at radius 1 is 1.19 bits per heavy atom. The first-order valence-electron chi connectivity index (χ1n) is 12.3. The molecule has 3 aliphatic rings. The van der Waals surface area contributed by atoms with Crippen LogP contribution in [-0.2, 0) is 25.6 Å². The van der Waals surface area contributed by atoms with Crippen LogP contribution in [-0.4, -0.2) is 66.0 Å². The molecule has 0 bridgehead atoms. The van der Waals surface area contributed by atoms with Crippen molar-refractivity contribution in [2.24, 2.45) is 0 Å². The summed E-state index contributed by atoms with van der Waals surface area (Å²) in [7, 11) is 0. The van der Waals surface area contributed by atoms with E-state index in [2.05, 4.69) is 15.6 Å². The van der Waals surface area contributed by atoms with E-state index < -0.39 is 47.4 Å². The Kier molecular flexibility index (Phi) is 5.29. The molecule has 1 unspecified atom stereocenters. The van der Waals surface area contributed by atoms with Gasteiger partial charge in [0, 0.05) is 0 Å². The summed E-state index contributed by atoms with van der Waals surface area (Å²) in [6, 6.07) is 12.5. The van der Waals surface area contributed by atoms with Crippen molar-refractivity contribution < 1.29 is 28.9 Å². The number of benzene rings is 1. The third-order valence-electron chi connectivity index (χ3n) is 7.02. The number of nitrogens with one attached hydrogen (secondary N) is 1. The third kappa shape index (κ3) is 3.76. The maximum Gasteiger partial charge on any atom is 0.411 e. The van der Waals surface area contributed by atoms with Crippen molar-refractivity contribution in [2.45, 2.75) is 82.5 Å². The van der Waals surface area contributed by atoms with E-state index >= 15 is 0 Å². The Morgan fingerprint density at radius 3 is 2.65 bits per heavy atom. The molecule has 1 spiro atoms. The van der Waals surface area contributed by atoms with Crippen molar-refractivity contribution >= 4 is 17.4 Å². The zero-order valence-corrected chi connectivity index (χ0v) is 21.4. The molecule has 196 valence electrons. The molecule has 1 saturated carbocycles. The van der Waals surface area contributed by atoms with E-state index in [1.54, 1.807) is 15.5 Å². The smallest absolute Gasteiger partial charge is 0.411 e. The van der Waals surface area contributed by atoms with Crippen LogP contribution in [0.15, 0.2) is 48.8 Å². The van der Waals surface area contributed by atoms with Crippen LogP contribution in [0.3, 0.4) is 0 Å². The number of amides is 1. The average molecular weight is 510 g/mol. The molecule has 37 heavy (non-hydrogen) atoms. The number of carbonyl (C=O) groups is 1. The molecule has 11 heteroatoms. The maximum atomic E-state index is 13.7. The number of fused-ring (bicyclic) bond motifs is 1. The Hall–Kier alpha value is -3.25. The summed E-state index contributed by atoms with van der Waals surface area (Å²) >= 11 is 0. The molecule has 11 nitrogen and oxygen atoms in total. The molecule has 1 aromatic carbocycles. The second-order valence-electron chi connectivity index (χ2n) is 11.2. The lowest BCUT2D eigenvalue weighted by Crippen LogP contribution is -2.44. The highest BCUT2D eigenvalue weighted by Gasteiger charge is 2.86. The van der Waals surface area contributed by atoms with Crippen LogP contribution < -0.4 is 5.48 Å². The highest BCUT2D eigenvalue weighted by atomic mass is 16.8. The first kappa shape index (κ1) is 24.1. The maximum absolute atomic E-state index is 13.7. The van der Waals surface area contributed by atoms with Gasteiger partial charge in [-0.2, -0.15) is 5.10 Å². The summed E-state index contributed by atoms with van der Waals surface area (Å²) in [6.45, 7) is 9.60. The summed E-state index contributed by atoms with van der Waals surface area (Å²) in [6.07, 6.45) is -0.102. The van der Waals surface area contributed by atoms with Gasteiger partial charge in [0.15, 0.2) is 17.2 Å². The fourth-order valence-electron chi connectivity index (χ4n) is 5.77. The van der Waals surface area contributed by atoms with E-state index in [4.69, 9.17) is 18.9 Å². The van der Waals surface area contributed by atoms with Crippen molar-refractivity contribution in [2.75, 3.05) is 5.48 Å². The van der Waals surface area contributed by atoms with Gasteiger partial charge in [0.25, 0.3) is 0 Å². The number of anilines is 1. The Labute approximate surface area is 214 Å². The summed E-state index contributed by atoms with van der Waals surface area (Å²) in [5.41, 5.74) is 2.78. The number of hydrogen-bond donors (Lipinski definition) is 2. The lowest BCUT2D eigenvalue weighted by atomic mass is 10.0. The van der Waals surface area contributed by atoms with Gasteiger partial charge in [-0.3, -0.25) is 15.6 Å². The SMILES string of the molecule is CC(C)(C)OC(=O)N1[C@@H](c2ccc3c(NO)ncnn23)[C@@H]2OC(C)(C)O[C@@]23C(OCc2ccccc2)[C@@H]13. The van der Waals surface area contributed by atoms with Gasteiger partial charge in [-0.25, -0.2) is 14.3 Å². The number of nitrogens with zero attached hydrogens (tertiary/aromatic N) is 4. The van der Waals surface area contributed by atoms with E-state index in [0.717, 1.165) is 5.56 Å². The highest BCUT2D eigenvalue weighted by Crippen LogP contribution is 2.66. The van der Waals surface area contributed by atoms with Crippen LogP contribution in [0, 0.1) is 0 Å². The van der Waals surface area contributed by atoms with E-state index in [0.29, 0.717) is 17.8 Å². The Morgan fingerprint density at radius 2 is 1.95 bits per heavy atom. The number of likely N-dealkylation sites (tertiary alicyclic amines) is 1. The molecular weight excluding hydrogens is 478 g/mol. The van der Waals surface area contributed by atoms with Crippen molar-refractivity contribution in [3.05, 3.63) is 60.0 Å². The normalized spacial score (nSPS) is 29.7. The molecular formula is C26H31N5O6. The highest BCUT2D eigenvalue weighted by molar-refractivity contribution is 5.74. The predicted molar refractivity (Wildman–Crippen MR) is 131 cm³/mol. The van der Waals surface area contributed by atoms with Gasteiger partial charge in [0.2, 0.25) is 0 Å². The first-order chi connectivity index (χ1) is 17.6. The summed E-state index contributed by atoms with van der Waals surface area (Å²) < 4.78 is 26.9. The lowest BCUT2D eigenvalue weighted by Gasteiger charge is -2.33. The Balaban J connectivity index is 1.42. The average Bonchev–Trinajstić information content (AvgIpc) is 3.10. The molecule has 1 amide bonds. The van der Waals surface area contributed by atoms with Crippen LogP contribution >= 0.6 is 0 Å². The molecule has 4 heterocycles. The second-order valence-corrected chi connectivity index (χ2v) is 11.2. The zero-order valence-electron chi connectivity index (χ0n) is 21.4. The van der Waals surface area contributed by atoms with Crippen LogP contribution in [0.5, 0.6) is 0 Å². The van der Waals surface area contributed by atoms with E-state index in [1.165, 1.54) is 6.33 Å². The van der Waals surface area contributed by atoms with Crippen LogP contribution in [0.1, 0.15) is 51.9 Å². The summed E-state index contributed by atoms with van der Waals surface area (Å²) in [5, 5.41) is 13.9. The predicted octanol–water partition coefficient (Wildman–Crippen LogP) is 3.68. The van der Waals surface area contributed by atoms with Crippen molar-refractivity contribution in [1.29, 1.82) is 0 Å². The van der Waals surface area contributed by atoms with Gasteiger partial charge < -0.3 is 18.9 Å². The molecule has 5 atom stereocenters. The first-order valence-corrected chi connectivity index (χ1v) is 12.3. The number of piperidine rings is 1. The number of ether oxygens (including phenoxy) is 4. The fraction of sp³-hybridized carbons (Fsp3) is 0.500. The van der Waals surface area contributed by atoms with Gasteiger partial charge in [0.1, 0.15) is 35.7 Å². The molecule has 2 aliphatic heterocycles. The van der Waals surface area contributed by atoms with Gasteiger partial charge in [-0.1, -0.05) is 30.3 Å². The van der Waals surface area contributed by atoms with Gasteiger partial charge in [-0.15, -0.1) is 0 Å². The van der Waals surface area contributed by atoms with Crippen molar-refractivity contribution in [3.63, 3.8) is 0 Å².